The number of benzene rings is 1. The summed E-state index contributed by atoms with van der Waals surface area (Å²) in [5.41, 5.74) is 0. The quantitative estimate of drug-likeness (QED) is 0.801. The van der Waals surface area contributed by atoms with Crippen LogP contribution in [0.1, 0.15) is 12.8 Å². The van der Waals surface area contributed by atoms with Crippen LogP contribution in [-0.4, -0.2) is 30.7 Å². The number of halogens is 2. The van der Waals surface area contributed by atoms with E-state index in [1.54, 1.807) is 23.1 Å². The molecule has 6 heteroatoms. The van der Waals surface area contributed by atoms with Crippen LogP contribution in [0.3, 0.4) is 0 Å². The molecule has 0 N–H and O–H groups in total. The maximum Gasteiger partial charge on any atom is 0.415 e. The molecular formula is C14H13Cl2NO3. The van der Waals surface area contributed by atoms with Crippen molar-refractivity contribution in [3.63, 3.8) is 0 Å². The SMILES string of the molecule is O=C(Oc1ccc(Cl)c(OCC#CCl)c1)N1CCCC1. The van der Waals surface area contributed by atoms with Crippen LogP contribution in [0, 0.1) is 11.3 Å². The predicted molar refractivity (Wildman–Crippen MR) is 77.4 cm³/mol. The van der Waals surface area contributed by atoms with Crippen molar-refractivity contribution in [1.82, 2.24) is 4.90 Å². The molecule has 0 bridgehead atoms. The maximum absolute atomic E-state index is 11.9. The largest absolute Gasteiger partial charge is 0.479 e. The third-order valence-electron chi connectivity index (χ3n) is 2.84. The van der Waals surface area contributed by atoms with Crippen molar-refractivity contribution in [2.45, 2.75) is 12.8 Å². The Balaban J connectivity index is 2.01. The number of carbonyl (C=O) groups excluding carboxylic acids is 1. The smallest absolute Gasteiger partial charge is 0.415 e. The number of amides is 1. The number of nitrogens with zero attached hydrogens (tertiary/aromatic N) is 1. The highest BCUT2D eigenvalue weighted by Crippen LogP contribution is 2.29. The van der Waals surface area contributed by atoms with E-state index in [0.29, 0.717) is 16.5 Å². The average molecular weight is 314 g/mol. The Hall–Kier alpha value is -1.57. The van der Waals surface area contributed by atoms with E-state index >= 15 is 0 Å². The molecule has 0 aromatic heterocycles. The maximum atomic E-state index is 11.9. The van der Waals surface area contributed by atoms with E-state index in [2.05, 4.69) is 11.3 Å². The summed E-state index contributed by atoms with van der Waals surface area (Å²) >= 11 is 11.2. The van der Waals surface area contributed by atoms with Crippen LogP contribution in [0.15, 0.2) is 18.2 Å². The topological polar surface area (TPSA) is 38.8 Å². The van der Waals surface area contributed by atoms with Gasteiger partial charge in [0.1, 0.15) is 18.1 Å². The second-order valence-electron chi connectivity index (χ2n) is 4.21. The third-order valence-corrected chi connectivity index (χ3v) is 3.28. The van der Waals surface area contributed by atoms with Crippen LogP contribution < -0.4 is 9.47 Å². The number of carbonyl (C=O) groups is 1. The molecule has 1 fully saturated rings. The molecule has 0 atom stereocenters. The van der Waals surface area contributed by atoms with Crippen molar-refractivity contribution >= 4 is 29.3 Å². The highest BCUT2D eigenvalue weighted by molar-refractivity contribution is 6.32. The molecule has 2 rings (SSSR count). The molecule has 0 spiro atoms. The van der Waals surface area contributed by atoms with Gasteiger partial charge >= 0.3 is 6.09 Å². The fraction of sp³-hybridized carbons (Fsp3) is 0.357. The minimum Gasteiger partial charge on any atom is -0.479 e. The monoisotopic (exact) mass is 313 g/mol. The van der Waals surface area contributed by atoms with Crippen LogP contribution in [0.5, 0.6) is 11.5 Å². The number of likely N-dealkylation sites (tertiary alicyclic amines) is 1. The number of ether oxygens (including phenoxy) is 2. The van der Waals surface area contributed by atoms with Gasteiger partial charge in [-0.2, -0.15) is 0 Å². The summed E-state index contributed by atoms with van der Waals surface area (Å²) in [6.07, 6.45) is 1.68. The molecule has 1 aliphatic heterocycles. The summed E-state index contributed by atoms with van der Waals surface area (Å²) in [5.74, 6) is 3.34. The van der Waals surface area contributed by atoms with Gasteiger partial charge in [-0.15, -0.1) is 0 Å². The van der Waals surface area contributed by atoms with Gasteiger partial charge in [0.25, 0.3) is 0 Å². The molecule has 20 heavy (non-hydrogen) atoms. The Morgan fingerprint density at radius 3 is 2.80 bits per heavy atom. The molecule has 1 aromatic rings. The average Bonchev–Trinajstić information content (AvgIpc) is 2.96. The molecular weight excluding hydrogens is 301 g/mol. The van der Waals surface area contributed by atoms with Gasteiger partial charge in [-0.25, -0.2) is 4.79 Å². The van der Waals surface area contributed by atoms with Crippen molar-refractivity contribution in [2.24, 2.45) is 0 Å². The zero-order valence-corrected chi connectivity index (χ0v) is 12.2. The Morgan fingerprint density at radius 2 is 2.10 bits per heavy atom. The minimum atomic E-state index is -0.351. The number of hydrogen-bond donors (Lipinski definition) is 0. The van der Waals surface area contributed by atoms with E-state index in [0.717, 1.165) is 25.9 Å². The lowest BCUT2D eigenvalue weighted by molar-refractivity contribution is 0.162. The van der Waals surface area contributed by atoms with Crippen molar-refractivity contribution in [1.29, 1.82) is 0 Å². The van der Waals surface area contributed by atoms with E-state index in [1.165, 1.54) is 0 Å². The Morgan fingerprint density at radius 1 is 1.35 bits per heavy atom. The van der Waals surface area contributed by atoms with E-state index in [-0.39, 0.29) is 12.7 Å². The first-order valence-electron chi connectivity index (χ1n) is 6.18. The van der Waals surface area contributed by atoms with Gasteiger partial charge in [-0.1, -0.05) is 11.6 Å². The van der Waals surface area contributed by atoms with Crippen molar-refractivity contribution in [3.8, 4) is 22.8 Å². The van der Waals surface area contributed by atoms with Gasteiger partial charge in [0.2, 0.25) is 0 Å². The Labute approximate surface area is 127 Å². The highest BCUT2D eigenvalue weighted by Gasteiger charge is 2.20. The van der Waals surface area contributed by atoms with Crippen molar-refractivity contribution < 1.29 is 14.3 Å². The molecule has 106 valence electrons. The second-order valence-corrected chi connectivity index (χ2v) is 4.81. The van der Waals surface area contributed by atoms with E-state index in [4.69, 9.17) is 32.7 Å². The molecule has 1 heterocycles. The third kappa shape index (κ3) is 3.96. The van der Waals surface area contributed by atoms with Crippen LogP contribution >= 0.6 is 23.2 Å². The normalized spacial score (nSPS) is 13.6. The zero-order valence-electron chi connectivity index (χ0n) is 10.7. The molecule has 4 nitrogen and oxygen atoms in total. The molecule has 0 unspecified atom stereocenters. The summed E-state index contributed by atoms with van der Waals surface area (Å²) in [6, 6.07) is 4.79. The molecule has 1 aromatic carbocycles. The molecule has 0 radical (unpaired) electrons. The molecule has 1 aliphatic rings. The van der Waals surface area contributed by atoms with Gasteiger partial charge in [0, 0.05) is 24.5 Å². The second kappa shape index (κ2) is 7.28. The Bertz CT molecular complexity index is 545. The fourth-order valence-corrected chi connectivity index (χ4v) is 2.09. The first kappa shape index (κ1) is 14.8. The Kier molecular flexibility index (Phi) is 5.40. The number of hydrogen-bond acceptors (Lipinski definition) is 3. The number of rotatable bonds is 3. The van der Waals surface area contributed by atoms with Gasteiger partial charge in [-0.3, -0.25) is 0 Å². The molecule has 1 amide bonds. The van der Waals surface area contributed by atoms with Crippen LogP contribution in [-0.2, 0) is 0 Å². The van der Waals surface area contributed by atoms with E-state index in [1.807, 2.05) is 0 Å². The zero-order chi connectivity index (χ0) is 14.4. The van der Waals surface area contributed by atoms with Gasteiger partial charge in [0.05, 0.1) is 5.02 Å². The summed E-state index contributed by atoms with van der Waals surface area (Å²) in [5, 5.41) is 2.62. The van der Waals surface area contributed by atoms with Crippen LogP contribution in [0.2, 0.25) is 5.02 Å². The summed E-state index contributed by atoms with van der Waals surface area (Å²) < 4.78 is 10.6. The summed E-state index contributed by atoms with van der Waals surface area (Å²) in [6.45, 7) is 1.59. The minimum absolute atomic E-state index is 0.118. The van der Waals surface area contributed by atoms with Gasteiger partial charge < -0.3 is 14.4 Å². The molecule has 0 aliphatic carbocycles. The standard InChI is InChI=1S/C14H13Cl2NO3/c15-6-3-9-19-13-10-11(4-5-12(13)16)20-14(18)17-7-1-2-8-17/h4-5,10H,1-2,7-9H2. The lowest BCUT2D eigenvalue weighted by Gasteiger charge is -2.15. The van der Waals surface area contributed by atoms with E-state index in [9.17, 15) is 4.79 Å². The predicted octanol–water partition coefficient (Wildman–Crippen LogP) is 3.51. The first-order valence-corrected chi connectivity index (χ1v) is 6.94. The van der Waals surface area contributed by atoms with Crippen LogP contribution in [0.25, 0.3) is 0 Å². The first-order chi connectivity index (χ1) is 9.70. The lowest BCUT2D eigenvalue weighted by Crippen LogP contribution is -2.30. The fourth-order valence-electron chi connectivity index (χ4n) is 1.86. The molecule has 0 saturated carbocycles. The van der Waals surface area contributed by atoms with Crippen LogP contribution in [0.4, 0.5) is 4.79 Å². The highest BCUT2D eigenvalue weighted by atomic mass is 35.5. The lowest BCUT2D eigenvalue weighted by atomic mass is 10.3. The summed E-state index contributed by atoms with van der Waals surface area (Å²) in [7, 11) is 0. The van der Waals surface area contributed by atoms with Crippen molar-refractivity contribution in [2.75, 3.05) is 19.7 Å². The van der Waals surface area contributed by atoms with Crippen molar-refractivity contribution in [3.05, 3.63) is 23.2 Å². The van der Waals surface area contributed by atoms with Gasteiger partial charge in [0.15, 0.2) is 0 Å². The van der Waals surface area contributed by atoms with Gasteiger partial charge in [-0.05, 0) is 42.5 Å². The summed E-state index contributed by atoms with van der Waals surface area (Å²) in [4.78, 5) is 13.5. The van der Waals surface area contributed by atoms with E-state index < -0.39 is 0 Å². The molecule has 1 saturated heterocycles.